The van der Waals surface area contributed by atoms with Crippen molar-refractivity contribution < 1.29 is 0 Å². The lowest BCUT2D eigenvalue weighted by molar-refractivity contribution is 0.782. The Morgan fingerprint density at radius 1 is 1.18 bits per heavy atom. The summed E-state index contributed by atoms with van der Waals surface area (Å²) < 4.78 is 1.80. The second-order valence-corrected chi connectivity index (χ2v) is 5.85. The van der Waals surface area contributed by atoms with Crippen LogP contribution < -0.4 is 5.43 Å². The molecule has 112 valence electrons. The molecule has 0 unspecified atom stereocenters. The molecular formula is C15H16N6S. The van der Waals surface area contributed by atoms with Gasteiger partial charge in [0.05, 0.1) is 11.9 Å². The fourth-order valence-electron chi connectivity index (χ4n) is 1.97. The van der Waals surface area contributed by atoms with E-state index in [9.17, 15) is 0 Å². The van der Waals surface area contributed by atoms with Gasteiger partial charge >= 0.3 is 0 Å². The smallest absolute Gasteiger partial charge is 0.176 e. The first-order valence-electron chi connectivity index (χ1n) is 6.84. The zero-order valence-corrected chi connectivity index (χ0v) is 13.4. The lowest BCUT2D eigenvalue weighted by Gasteiger charge is -2.03. The van der Waals surface area contributed by atoms with E-state index in [1.807, 2.05) is 43.5 Å². The normalized spacial score (nSPS) is 11.2. The van der Waals surface area contributed by atoms with E-state index < -0.39 is 0 Å². The van der Waals surface area contributed by atoms with Crippen molar-refractivity contribution in [2.45, 2.75) is 20.8 Å². The van der Waals surface area contributed by atoms with Crippen LogP contribution in [0.3, 0.4) is 0 Å². The first kappa shape index (κ1) is 14.4. The summed E-state index contributed by atoms with van der Waals surface area (Å²) in [5, 5.41) is 18.9. The molecule has 0 aliphatic rings. The minimum atomic E-state index is 0.592. The molecule has 3 rings (SSSR count). The number of thiophene rings is 1. The van der Waals surface area contributed by atoms with Crippen LogP contribution in [0.2, 0.25) is 0 Å². The van der Waals surface area contributed by atoms with Crippen molar-refractivity contribution in [2.24, 2.45) is 5.10 Å². The van der Waals surface area contributed by atoms with Crippen molar-refractivity contribution in [3.8, 4) is 5.82 Å². The number of nitrogens with zero attached hydrogens (tertiary/aromatic N) is 5. The molecule has 0 spiro atoms. The van der Waals surface area contributed by atoms with E-state index in [-0.39, 0.29) is 0 Å². The molecule has 3 heterocycles. The average Bonchev–Trinajstić information content (AvgIpc) is 3.13. The van der Waals surface area contributed by atoms with Crippen LogP contribution in [-0.2, 0) is 0 Å². The van der Waals surface area contributed by atoms with E-state index in [1.54, 1.807) is 22.2 Å². The van der Waals surface area contributed by atoms with E-state index >= 15 is 0 Å². The van der Waals surface area contributed by atoms with E-state index in [4.69, 9.17) is 0 Å². The second-order valence-electron chi connectivity index (χ2n) is 4.87. The maximum atomic E-state index is 4.47. The highest BCUT2D eigenvalue weighted by atomic mass is 32.1. The molecule has 22 heavy (non-hydrogen) atoms. The summed E-state index contributed by atoms with van der Waals surface area (Å²) >= 11 is 1.63. The monoisotopic (exact) mass is 312 g/mol. The van der Waals surface area contributed by atoms with Gasteiger partial charge < -0.3 is 0 Å². The molecule has 3 aromatic heterocycles. The summed E-state index contributed by atoms with van der Waals surface area (Å²) in [4.78, 5) is 1.08. The molecule has 0 aromatic carbocycles. The van der Waals surface area contributed by atoms with Crippen molar-refractivity contribution >= 4 is 23.4 Å². The predicted molar refractivity (Wildman–Crippen MR) is 88.9 cm³/mol. The Bertz CT molecular complexity index is 786. The number of anilines is 1. The zero-order valence-electron chi connectivity index (χ0n) is 12.6. The van der Waals surface area contributed by atoms with Gasteiger partial charge in [-0.25, -0.2) is 4.68 Å². The van der Waals surface area contributed by atoms with E-state index in [0.29, 0.717) is 11.6 Å². The van der Waals surface area contributed by atoms with Crippen LogP contribution >= 0.6 is 11.3 Å². The summed E-state index contributed by atoms with van der Waals surface area (Å²) in [6.45, 7) is 6.06. The third-order valence-corrected chi connectivity index (χ3v) is 4.24. The van der Waals surface area contributed by atoms with Gasteiger partial charge in [-0.05, 0) is 49.9 Å². The lowest BCUT2D eigenvalue weighted by Crippen LogP contribution is -2.04. The number of hydrogen-bond acceptors (Lipinski definition) is 6. The van der Waals surface area contributed by atoms with Gasteiger partial charge in [-0.3, -0.25) is 5.43 Å². The van der Waals surface area contributed by atoms with Crippen molar-refractivity contribution in [1.29, 1.82) is 0 Å². The van der Waals surface area contributed by atoms with Crippen LogP contribution in [0.25, 0.3) is 5.82 Å². The number of nitrogens with one attached hydrogen (secondary N) is 1. The van der Waals surface area contributed by atoms with Crippen LogP contribution in [0.1, 0.15) is 21.8 Å². The number of hydrogen-bond donors (Lipinski definition) is 1. The second kappa shape index (κ2) is 6.07. The predicted octanol–water partition coefficient (Wildman–Crippen LogP) is 3.10. The summed E-state index contributed by atoms with van der Waals surface area (Å²) in [7, 11) is 0. The Labute approximate surface area is 132 Å². The van der Waals surface area contributed by atoms with Crippen LogP contribution in [0.4, 0.5) is 5.82 Å². The molecule has 0 bridgehead atoms. The molecule has 0 aliphatic heterocycles. The van der Waals surface area contributed by atoms with E-state index in [0.717, 1.165) is 16.3 Å². The Hall–Kier alpha value is -2.54. The van der Waals surface area contributed by atoms with Gasteiger partial charge in [0.15, 0.2) is 11.6 Å². The lowest BCUT2D eigenvalue weighted by atomic mass is 10.2. The molecule has 7 heteroatoms. The van der Waals surface area contributed by atoms with Gasteiger partial charge in [0, 0.05) is 10.6 Å². The third-order valence-electron chi connectivity index (χ3n) is 3.43. The van der Waals surface area contributed by atoms with Crippen molar-refractivity contribution in [1.82, 2.24) is 20.0 Å². The molecule has 0 atom stereocenters. The fourth-order valence-corrected chi connectivity index (χ4v) is 2.55. The first-order chi connectivity index (χ1) is 10.6. The molecule has 0 aliphatic carbocycles. The highest BCUT2D eigenvalue weighted by Gasteiger charge is 2.10. The summed E-state index contributed by atoms with van der Waals surface area (Å²) in [5.41, 5.74) is 6.11. The van der Waals surface area contributed by atoms with Gasteiger partial charge in [0.25, 0.3) is 0 Å². The molecule has 3 aromatic rings. The Kier molecular flexibility index (Phi) is 3.97. The molecule has 6 nitrogen and oxygen atoms in total. The van der Waals surface area contributed by atoms with Crippen molar-refractivity contribution in [3.63, 3.8) is 0 Å². The molecule has 0 radical (unpaired) electrons. The quantitative estimate of drug-likeness (QED) is 0.594. The summed E-state index contributed by atoms with van der Waals surface area (Å²) in [5.74, 6) is 1.29. The van der Waals surface area contributed by atoms with Crippen LogP contribution in [-0.4, -0.2) is 26.2 Å². The minimum absolute atomic E-state index is 0.592. The molecule has 0 saturated heterocycles. The van der Waals surface area contributed by atoms with Crippen molar-refractivity contribution in [3.05, 3.63) is 51.5 Å². The highest BCUT2D eigenvalue weighted by Crippen LogP contribution is 2.15. The van der Waals surface area contributed by atoms with Gasteiger partial charge in [-0.15, -0.1) is 21.5 Å². The standard InChI is InChI=1S/C15H16N6S/c1-10-11(2)20-21(12(10)3)15-7-6-14(18-19-15)17-16-9-13-5-4-8-22-13/h4-9H,1-3H3,(H,17,18)/b16-9-. The zero-order chi connectivity index (χ0) is 15.5. The SMILES string of the molecule is Cc1nn(-c2ccc(N/N=C\c3cccs3)nn2)c(C)c1C. The van der Waals surface area contributed by atoms with Crippen LogP contribution in [0, 0.1) is 20.8 Å². The summed E-state index contributed by atoms with van der Waals surface area (Å²) in [6, 6.07) is 7.68. The van der Waals surface area contributed by atoms with Gasteiger partial charge in [-0.2, -0.15) is 10.2 Å². The van der Waals surface area contributed by atoms with Gasteiger partial charge in [-0.1, -0.05) is 6.07 Å². The third kappa shape index (κ3) is 2.89. The van der Waals surface area contributed by atoms with Gasteiger partial charge in [0.2, 0.25) is 0 Å². The van der Waals surface area contributed by atoms with E-state index in [1.165, 1.54) is 5.56 Å². The molecule has 0 amide bonds. The maximum absolute atomic E-state index is 4.47. The Balaban J connectivity index is 1.74. The average molecular weight is 312 g/mol. The van der Waals surface area contributed by atoms with Gasteiger partial charge in [0.1, 0.15) is 0 Å². The Morgan fingerprint density at radius 2 is 2.05 bits per heavy atom. The number of hydrazone groups is 1. The highest BCUT2D eigenvalue weighted by molar-refractivity contribution is 7.11. The molecular weight excluding hydrogens is 296 g/mol. The Morgan fingerprint density at radius 3 is 2.64 bits per heavy atom. The van der Waals surface area contributed by atoms with Crippen molar-refractivity contribution in [2.75, 3.05) is 5.43 Å². The molecule has 0 saturated carbocycles. The molecule has 1 N–H and O–H groups in total. The number of aromatic nitrogens is 4. The summed E-state index contributed by atoms with van der Waals surface area (Å²) in [6.07, 6.45) is 1.75. The first-order valence-corrected chi connectivity index (χ1v) is 7.72. The van der Waals surface area contributed by atoms with E-state index in [2.05, 4.69) is 32.7 Å². The minimum Gasteiger partial charge on any atom is -0.260 e. The maximum Gasteiger partial charge on any atom is 0.176 e. The largest absolute Gasteiger partial charge is 0.260 e. The fraction of sp³-hybridized carbons (Fsp3) is 0.200. The molecule has 0 fully saturated rings. The van der Waals surface area contributed by atoms with Crippen LogP contribution in [0.15, 0.2) is 34.7 Å². The van der Waals surface area contributed by atoms with Crippen LogP contribution in [0.5, 0.6) is 0 Å². The number of aryl methyl sites for hydroxylation is 1. The number of rotatable bonds is 4. The topological polar surface area (TPSA) is 68.0 Å².